The molecular formula is C13H19N3O3. The van der Waals surface area contributed by atoms with Crippen LogP contribution in [0.2, 0.25) is 0 Å². The zero-order valence-corrected chi connectivity index (χ0v) is 11.0. The fraction of sp³-hybridized carbons (Fsp3) is 0.538. The maximum atomic E-state index is 11.2. The van der Waals surface area contributed by atoms with E-state index in [1.165, 1.54) is 7.11 Å². The molecule has 6 heteroatoms. The molecule has 1 aromatic rings. The molecule has 0 atom stereocenters. The van der Waals surface area contributed by atoms with Crippen molar-refractivity contribution in [1.29, 1.82) is 0 Å². The number of methoxy groups -OCH3 is 1. The average Bonchev–Trinajstić information content (AvgIpc) is 2.46. The summed E-state index contributed by atoms with van der Waals surface area (Å²) in [4.78, 5) is 12.9. The number of nitrogens with zero attached hydrogens (tertiary/aromatic N) is 2. The number of para-hydroxylation sites is 1. The van der Waals surface area contributed by atoms with Gasteiger partial charge in [0.2, 0.25) is 0 Å². The van der Waals surface area contributed by atoms with Gasteiger partial charge in [-0.05, 0) is 37.4 Å². The van der Waals surface area contributed by atoms with Gasteiger partial charge in [0, 0.05) is 13.1 Å². The van der Waals surface area contributed by atoms with Gasteiger partial charge in [0.25, 0.3) is 0 Å². The van der Waals surface area contributed by atoms with E-state index >= 15 is 0 Å². The van der Waals surface area contributed by atoms with Crippen molar-refractivity contribution >= 4 is 11.4 Å². The van der Waals surface area contributed by atoms with Crippen LogP contribution in [0.4, 0.5) is 11.4 Å². The third kappa shape index (κ3) is 2.78. The number of hydrogen-bond acceptors (Lipinski definition) is 5. The lowest BCUT2D eigenvalue weighted by molar-refractivity contribution is -0.385. The van der Waals surface area contributed by atoms with Gasteiger partial charge in [-0.15, -0.1) is 0 Å². The number of piperidine rings is 1. The summed E-state index contributed by atoms with van der Waals surface area (Å²) in [5.74, 6) is 0.837. The second-order valence-electron chi connectivity index (χ2n) is 4.75. The van der Waals surface area contributed by atoms with Crippen molar-refractivity contribution in [2.45, 2.75) is 12.8 Å². The highest BCUT2D eigenvalue weighted by atomic mass is 16.6. The van der Waals surface area contributed by atoms with E-state index in [9.17, 15) is 10.1 Å². The number of ether oxygens (including phenoxy) is 1. The topological polar surface area (TPSA) is 81.6 Å². The van der Waals surface area contributed by atoms with Crippen molar-refractivity contribution < 1.29 is 9.66 Å². The van der Waals surface area contributed by atoms with Crippen molar-refractivity contribution in [3.63, 3.8) is 0 Å². The molecule has 2 rings (SSSR count). The Morgan fingerprint density at radius 2 is 2.16 bits per heavy atom. The molecule has 6 nitrogen and oxygen atoms in total. The molecule has 1 saturated heterocycles. The lowest BCUT2D eigenvalue weighted by Gasteiger charge is -2.32. The summed E-state index contributed by atoms with van der Waals surface area (Å²) in [6, 6.07) is 5.19. The zero-order valence-electron chi connectivity index (χ0n) is 11.0. The number of rotatable bonds is 4. The summed E-state index contributed by atoms with van der Waals surface area (Å²) in [5.41, 5.74) is 6.36. The van der Waals surface area contributed by atoms with E-state index in [0.29, 0.717) is 23.9 Å². The highest BCUT2D eigenvalue weighted by Gasteiger charge is 2.27. The van der Waals surface area contributed by atoms with E-state index in [1.54, 1.807) is 18.2 Å². The quantitative estimate of drug-likeness (QED) is 0.663. The average molecular weight is 265 g/mol. The predicted octanol–water partition coefficient (Wildman–Crippen LogP) is 1.78. The molecule has 0 unspecified atom stereocenters. The van der Waals surface area contributed by atoms with Crippen LogP contribution < -0.4 is 15.4 Å². The molecule has 1 aliphatic heterocycles. The Bertz CT molecular complexity index is 456. The van der Waals surface area contributed by atoms with E-state index in [4.69, 9.17) is 10.5 Å². The summed E-state index contributed by atoms with van der Waals surface area (Å²) < 4.78 is 5.09. The SMILES string of the molecule is COc1cccc(N2CCC(CN)CC2)c1[N+](=O)[O-]. The van der Waals surface area contributed by atoms with Gasteiger partial charge in [-0.1, -0.05) is 6.07 Å². The minimum atomic E-state index is -0.372. The number of anilines is 1. The zero-order chi connectivity index (χ0) is 13.8. The van der Waals surface area contributed by atoms with Crippen molar-refractivity contribution in [3.05, 3.63) is 28.3 Å². The molecule has 0 spiro atoms. The first-order valence-electron chi connectivity index (χ1n) is 6.43. The van der Waals surface area contributed by atoms with Gasteiger partial charge in [0.1, 0.15) is 5.69 Å². The van der Waals surface area contributed by atoms with Crippen LogP contribution in [0.15, 0.2) is 18.2 Å². The number of nitrogens with two attached hydrogens (primary N) is 1. The van der Waals surface area contributed by atoms with Crippen molar-refractivity contribution in [3.8, 4) is 5.75 Å². The summed E-state index contributed by atoms with van der Waals surface area (Å²) >= 11 is 0. The molecule has 19 heavy (non-hydrogen) atoms. The molecule has 104 valence electrons. The van der Waals surface area contributed by atoms with Crippen LogP contribution in [0.25, 0.3) is 0 Å². The smallest absolute Gasteiger partial charge is 0.333 e. The van der Waals surface area contributed by atoms with Gasteiger partial charge in [-0.2, -0.15) is 0 Å². The Morgan fingerprint density at radius 1 is 1.47 bits per heavy atom. The van der Waals surface area contributed by atoms with E-state index in [2.05, 4.69) is 0 Å². The van der Waals surface area contributed by atoms with Crippen LogP contribution in [0.5, 0.6) is 5.75 Å². The monoisotopic (exact) mass is 265 g/mol. The largest absolute Gasteiger partial charge is 0.490 e. The molecule has 1 aliphatic rings. The molecule has 0 aromatic heterocycles. The molecule has 0 radical (unpaired) electrons. The van der Waals surface area contributed by atoms with Gasteiger partial charge in [0.05, 0.1) is 12.0 Å². The minimum Gasteiger partial charge on any atom is -0.490 e. The Labute approximate surface area is 112 Å². The fourth-order valence-electron chi connectivity index (χ4n) is 2.52. The summed E-state index contributed by atoms with van der Waals surface area (Å²) in [6.45, 7) is 2.29. The summed E-state index contributed by atoms with van der Waals surface area (Å²) in [7, 11) is 1.45. The minimum absolute atomic E-state index is 0.0520. The van der Waals surface area contributed by atoms with Crippen LogP contribution in [0.1, 0.15) is 12.8 Å². The maximum absolute atomic E-state index is 11.2. The summed E-state index contributed by atoms with van der Waals surface area (Å²) in [6.07, 6.45) is 1.95. The van der Waals surface area contributed by atoms with E-state index in [1.807, 2.05) is 4.90 Å². The molecule has 1 aromatic carbocycles. The van der Waals surface area contributed by atoms with Gasteiger partial charge >= 0.3 is 5.69 Å². The number of nitro benzene ring substituents is 1. The molecule has 0 amide bonds. The van der Waals surface area contributed by atoms with Gasteiger partial charge in [0.15, 0.2) is 5.75 Å². The first kappa shape index (κ1) is 13.6. The third-order valence-electron chi connectivity index (χ3n) is 3.67. The molecule has 2 N–H and O–H groups in total. The van der Waals surface area contributed by atoms with Gasteiger partial charge in [-0.3, -0.25) is 10.1 Å². The number of nitro groups is 1. The predicted molar refractivity (Wildman–Crippen MR) is 73.6 cm³/mol. The highest BCUT2D eigenvalue weighted by molar-refractivity contribution is 5.69. The normalized spacial score (nSPS) is 16.4. The first-order chi connectivity index (χ1) is 9.17. The maximum Gasteiger partial charge on any atom is 0.333 e. The Morgan fingerprint density at radius 3 is 2.68 bits per heavy atom. The third-order valence-corrected chi connectivity index (χ3v) is 3.67. The Balaban J connectivity index is 2.27. The van der Waals surface area contributed by atoms with Crippen LogP contribution in [0.3, 0.4) is 0 Å². The molecular weight excluding hydrogens is 246 g/mol. The van der Waals surface area contributed by atoms with E-state index in [0.717, 1.165) is 25.9 Å². The number of benzene rings is 1. The van der Waals surface area contributed by atoms with Gasteiger partial charge in [-0.25, -0.2) is 0 Å². The van der Waals surface area contributed by atoms with E-state index in [-0.39, 0.29) is 10.6 Å². The lowest BCUT2D eigenvalue weighted by Crippen LogP contribution is -2.36. The first-order valence-corrected chi connectivity index (χ1v) is 6.43. The second kappa shape index (κ2) is 5.88. The van der Waals surface area contributed by atoms with Crippen LogP contribution >= 0.6 is 0 Å². The van der Waals surface area contributed by atoms with Crippen LogP contribution in [-0.4, -0.2) is 31.7 Å². The second-order valence-corrected chi connectivity index (χ2v) is 4.75. The van der Waals surface area contributed by atoms with Crippen LogP contribution in [-0.2, 0) is 0 Å². The molecule has 0 saturated carbocycles. The van der Waals surface area contributed by atoms with Crippen molar-refractivity contribution in [2.24, 2.45) is 11.7 Å². The standard InChI is InChI=1S/C13H19N3O3/c1-19-12-4-2-3-11(13(12)16(17)18)15-7-5-10(9-14)6-8-15/h2-4,10H,5-9,14H2,1H3. The van der Waals surface area contributed by atoms with Crippen LogP contribution in [0, 0.1) is 16.0 Å². The van der Waals surface area contributed by atoms with Crippen molar-refractivity contribution in [2.75, 3.05) is 31.6 Å². The Hall–Kier alpha value is -1.82. The lowest BCUT2D eigenvalue weighted by atomic mass is 9.96. The highest BCUT2D eigenvalue weighted by Crippen LogP contribution is 2.38. The molecule has 1 fully saturated rings. The summed E-state index contributed by atoms with van der Waals surface area (Å²) in [5, 5.41) is 11.2. The Kier molecular flexibility index (Phi) is 4.21. The molecule has 0 aliphatic carbocycles. The van der Waals surface area contributed by atoms with Crippen molar-refractivity contribution in [1.82, 2.24) is 0 Å². The molecule has 1 heterocycles. The van der Waals surface area contributed by atoms with E-state index < -0.39 is 0 Å². The number of hydrogen-bond donors (Lipinski definition) is 1. The van der Waals surface area contributed by atoms with Gasteiger partial charge < -0.3 is 15.4 Å². The fourth-order valence-corrected chi connectivity index (χ4v) is 2.52. The molecule has 0 bridgehead atoms.